The molecule has 0 aromatic heterocycles. The van der Waals surface area contributed by atoms with Crippen LogP contribution in [0.4, 0.5) is 4.39 Å². The van der Waals surface area contributed by atoms with E-state index in [4.69, 9.17) is 11.6 Å². The van der Waals surface area contributed by atoms with E-state index in [0.717, 1.165) is 0 Å². The summed E-state index contributed by atoms with van der Waals surface area (Å²) in [5, 5.41) is 0.496. The molecule has 1 rings (SSSR count). The SMILES string of the molecule is Fc1cc(Br)c(Cl)c(Br)c1I. The normalized spacial score (nSPS) is 10.3. The lowest BCUT2D eigenvalue weighted by atomic mass is 10.3. The van der Waals surface area contributed by atoms with E-state index in [0.29, 0.717) is 17.5 Å². The van der Waals surface area contributed by atoms with Crippen LogP contribution in [0.15, 0.2) is 15.0 Å². The Morgan fingerprint density at radius 3 is 2.55 bits per heavy atom. The van der Waals surface area contributed by atoms with Crippen LogP contribution in [0.2, 0.25) is 5.02 Å². The van der Waals surface area contributed by atoms with Gasteiger partial charge in [0, 0.05) is 4.47 Å². The lowest BCUT2D eigenvalue weighted by Crippen LogP contribution is -1.85. The first-order valence-corrected chi connectivity index (χ1v) is 5.56. The van der Waals surface area contributed by atoms with Crippen LogP contribution < -0.4 is 0 Å². The highest BCUT2D eigenvalue weighted by atomic mass is 127. The highest BCUT2D eigenvalue weighted by Crippen LogP contribution is 2.35. The summed E-state index contributed by atoms with van der Waals surface area (Å²) in [6.07, 6.45) is 0. The number of halogens is 5. The van der Waals surface area contributed by atoms with E-state index in [2.05, 4.69) is 31.9 Å². The van der Waals surface area contributed by atoms with Gasteiger partial charge in [0.25, 0.3) is 0 Å². The Morgan fingerprint density at radius 2 is 2.00 bits per heavy atom. The monoisotopic (exact) mass is 412 g/mol. The molecular weight excluding hydrogens is 413 g/mol. The van der Waals surface area contributed by atoms with E-state index in [1.54, 1.807) is 0 Å². The molecular formula is C6HBr2ClFI. The summed E-state index contributed by atoms with van der Waals surface area (Å²) >= 11 is 14.0. The molecule has 0 aliphatic heterocycles. The molecule has 0 aliphatic rings. The Kier molecular flexibility index (Phi) is 3.61. The van der Waals surface area contributed by atoms with Crippen molar-refractivity contribution in [2.75, 3.05) is 0 Å². The standard InChI is InChI=1S/C6HBr2ClFI/c7-2-1-3(10)6(11)4(8)5(2)9/h1H. The number of benzene rings is 1. The van der Waals surface area contributed by atoms with Gasteiger partial charge in [-0.1, -0.05) is 11.6 Å². The van der Waals surface area contributed by atoms with Gasteiger partial charge in [-0.2, -0.15) is 0 Å². The van der Waals surface area contributed by atoms with E-state index in [1.165, 1.54) is 6.07 Å². The fourth-order valence-electron chi connectivity index (χ4n) is 0.544. The Hall–Kier alpha value is 1.13. The van der Waals surface area contributed by atoms with Gasteiger partial charge in [-0.3, -0.25) is 0 Å². The minimum absolute atomic E-state index is 0.284. The van der Waals surface area contributed by atoms with E-state index in [9.17, 15) is 4.39 Å². The Labute approximate surface area is 98.9 Å². The molecule has 0 amide bonds. The number of hydrogen-bond donors (Lipinski definition) is 0. The average molecular weight is 414 g/mol. The van der Waals surface area contributed by atoms with Gasteiger partial charge in [0.2, 0.25) is 0 Å². The Balaban J connectivity index is 3.46. The first-order chi connectivity index (χ1) is 5.04. The van der Waals surface area contributed by atoms with Crippen molar-refractivity contribution in [1.29, 1.82) is 0 Å². The van der Waals surface area contributed by atoms with Gasteiger partial charge in [0.1, 0.15) is 5.82 Å². The van der Waals surface area contributed by atoms with Crippen LogP contribution in [0, 0.1) is 9.39 Å². The minimum Gasteiger partial charge on any atom is -0.206 e. The highest BCUT2D eigenvalue weighted by Gasteiger charge is 2.10. The average Bonchev–Trinajstić information content (AvgIpc) is 1.97. The lowest BCUT2D eigenvalue weighted by Gasteiger charge is -2.02. The van der Waals surface area contributed by atoms with Crippen LogP contribution in [0.1, 0.15) is 0 Å². The van der Waals surface area contributed by atoms with Gasteiger partial charge >= 0.3 is 0 Å². The first kappa shape index (κ1) is 10.2. The quantitative estimate of drug-likeness (QED) is 0.331. The second-order valence-electron chi connectivity index (χ2n) is 1.78. The van der Waals surface area contributed by atoms with E-state index in [-0.39, 0.29) is 5.82 Å². The van der Waals surface area contributed by atoms with Gasteiger partial charge in [0.05, 0.1) is 13.1 Å². The zero-order valence-electron chi connectivity index (χ0n) is 4.97. The molecule has 0 saturated carbocycles. The van der Waals surface area contributed by atoms with Gasteiger partial charge in [-0.25, -0.2) is 4.39 Å². The molecule has 0 aliphatic carbocycles. The predicted octanol–water partition coefficient (Wildman–Crippen LogP) is 4.61. The molecule has 0 bridgehead atoms. The molecule has 0 heterocycles. The molecule has 0 atom stereocenters. The molecule has 0 saturated heterocycles. The van der Waals surface area contributed by atoms with Crippen molar-refractivity contribution in [3.8, 4) is 0 Å². The Morgan fingerprint density at radius 1 is 1.45 bits per heavy atom. The third-order valence-corrected chi connectivity index (χ3v) is 5.12. The van der Waals surface area contributed by atoms with Crippen molar-refractivity contribution in [3.63, 3.8) is 0 Å². The van der Waals surface area contributed by atoms with Crippen LogP contribution in [0.3, 0.4) is 0 Å². The third kappa shape index (κ3) is 2.08. The zero-order valence-corrected chi connectivity index (χ0v) is 11.1. The summed E-state index contributed by atoms with van der Waals surface area (Å²) in [5.41, 5.74) is 0. The summed E-state index contributed by atoms with van der Waals surface area (Å²) in [4.78, 5) is 0. The maximum Gasteiger partial charge on any atom is 0.138 e. The van der Waals surface area contributed by atoms with Crippen molar-refractivity contribution < 1.29 is 4.39 Å². The lowest BCUT2D eigenvalue weighted by molar-refractivity contribution is 0.618. The van der Waals surface area contributed by atoms with Crippen molar-refractivity contribution in [2.24, 2.45) is 0 Å². The maximum atomic E-state index is 12.9. The fourth-order valence-corrected chi connectivity index (χ4v) is 2.35. The molecule has 11 heavy (non-hydrogen) atoms. The van der Waals surface area contributed by atoms with Crippen LogP contribution in [0.5, 0.6) is 0 Å². The second kappa shape index (κ2) is 3.89. The number of rotatable bonds is 0. The predicted molar refractivity (Wildman–Crippen MR) is 59.5 cm³/mol. The fraction of sp³-hybridized carbons (Fsp3) is 0. The van der Waals surface area contributed by atoms with Crippen molar-refractivity contribution in [2.45, 2.75) is 0 Å². The highest BCUT2D eigenvalue weighted by molar-refractivity contribution is 14.1. The van der Waals surface area contributed by atoms with Crippen LogP contribution in [0.25, 0.3) is 0 Å². The molecule has 0 spiro atoms. The van der Waals surface area contributed by atoms with Gasteiger partial charge < -0.3 is 0 Å². The van der Waals surface area contributed by atoms with Crippen LogP contribution in [-0.2, 0) is 0 Å². The van der Waals surface area contributed by atoms with E-state index >= 15 is 0 Å². The van der Waals surface area contributed by atoms with Crippen molar-refractivity contribution in [1.82, 2.24) is 0 Å². The molecule has 60 valence electrons. The molecule has 0 nitrogen and oxygen atoms in total. The van der Waals surface area contributed by atoms with Crippen LogP contribution >= 0.6 is 66.1 Å². The zero-order chi connectivity index (χ0) is 8.59. The van der Waals surface area contributed by atoms with Crippen LogP contribution in [-0.4, -0.2) is 0 Å². The minimum atomic E-state index is -0.284. The summed E-state index contributed by atoms with van der Waals surface area (Å²) in [6.45, 7) is 0. The molecule has 0 fully saturated rings. The largest absolute Gasteiger partial charge is 0.206 e. The Bertz CT molecular complexity index is 277. The van der Waals surface area contributed by atoms with E-state index in [1.807, 2.05) is 22.6 Å². The van der Waals surface area contributed by atoms with Gasteiger partial charge in [-0.15, -0.1) is 0 Å². The van der Waals surface area contributed by atoms with Gasteiger partial charge in [0.15, 0.2) is 0 Å². The molecule has 5 heteroatoms. The van der Waals surface area contributed by atoms with E-state index < -0.39 is 0 Å². The molecule has 0 radical (unpaired) electrons. The second-order valence-corrected chi connectivity index (χ2v) is 4.89. The summed E-state index contributed by atoms with van der Waals surface area (Å²) in [5.74, 6) is -0.284. The van der Waals surface area contributed by atoms with Crippen molar-refractivity contribution >= 4 is 66.1 Å². The smallest absolute Gasteiger partial charge is 0.138 e. The molecule has 0 N–H and O–H groups in total. The van der Waals surface area contributed by atoms with Crippen molar-refractivity contribution in [3.05, 3.63) is 29.4 Å². The molecule has 0 unspecified atom stereocenters. The number of hydrogen-bond acceptors (Lipinski definition) is 0. The molecule has 1 aromatic rings. The summed E-state index contributed by atoms with van der Waals surface area (Å²) < 4.78 is 14.5. The first-order valence-electron chi connectivity index (χ1n) is 2.52. The third-order valence-electron chi connectivity index (χ3n) is 1.06. The molecule has 1 aromatic carbocycles. The summed E-state index contributed by atoms with van der Waals surface area (Å²) in [6, 6.07) is 1.34. The summed E-state index contributed by atoms with van der Waals surface area (Å²) in [7, 11) is 0. The maximum absolute atomic E-state index is 12.9. The topological polar surface area (TPSA) is 0 Å². The van der Waals surface area contributed by atoms with Gasteiger partial charge in [-0.05, 0) is 60.5 Å².